The summed E-state index contributed by atoms with van der Waals surface area (Å²) in [5, 5.41) is 3.34. The molecule has 0 saturated carbocycles. The Morgan fingerprint density at radius 2 is 2.15 bits per heavy atom. The van der Waals surface area contributed by atoms with Gasteiger partial charge in [0.25, 0.3) is 0 Å². The number of benzene rings is 2. The van der Waals surface area contributed by atoms with Crippen molar-refractivity contribution in [2.45, 2.75) is 6.54 Å². The summed E-state index contributed by atoms with van der Waals surface area (Å²) >= 11 is 5.90. The van der Waals surface area contributed by atoms with Crippen molar-refractivity contribution in [2.75, 3.05) is 13.7 Å². The molecule has 6 nitrogen and oxygen atoms in total. The third-order valence-corrected chi connectivity index (χ3v) is 4.02. The van der Waals surface area contributed by atoms with Gasteiger partial charge in [0.15, 0.2) is 5.58 Å². The lowest BCUT2D eigenvalue weighted by molar-refractivity contribution is -0.116. The maximum absolute atomic E-state index is 12.0. The van der Waals surface area contributed by atoms with E-state index < -0.39 is 5.76 Å². The van der Waals surface area contributed by atoms with Crippen LogP contribution in [0.1, 0.15) is 5.56 Å². The molecule has 0 aliphatic rings. The maximum atomic E-state index is 12.0. The zero-order valence-corrected chi connectivity index (χ0v) is 14.8. The van der Waals surface area contributed by atoms with E-state index in [2.05, 4.69) is 5.32 Å². The van der Waals surface area contributed by atoms with Crippen molar-refractivity contribution in [3.63, 3.8) is 0 Å². The number of nitrogens with one attached hydrogen (secondary N) is 1. The quantitative estimate of drug-likeness (QED) is 0.675. The molecule has 1 heterocycles. The number of hydrogen-bond acceptors (Lipinski definition) is 4. The minimum Gasteiger partial charge on any atom is -0.497 e. The lowest BCUT2D eigenvalue weighted by atomic mass is 10.2. The number of carbonyl (C=O) groups is 1. The van der Waals surface area contributed by atoms with Crippen molar-refractivity contribution >= 4 is 34.7 Å². The molecular formula is C19H17ClN2O4. The summed E-state index contributed by atoms with van der Waals surface area (Å²) in [6.45, 7) is 0.591. The van der Waals surface area contributed by atoms with E-state index >= 15 is 0 Å². The molecule has 0 unspecified atom stereocenters. The molecule has 1 amide bonds. The Morgan fingerprint density at radius 1 is 1.31 bits per heavy atom. The molecule has 3 rings (SSSR count). The van der Waals surface area contributed by atoms with Gasteiger partial charge in [-0.1, -0.05) is 23.7 Å². The van der Waals surface area contributed by atoms with Crippen LogP contribution < -0.4 is 15.8 Å². The number of nitrogens with zero attached hydrogens (tertiary/aromatic N) is 1. The average Bonchev–Trinajstić information content (AvgIpc) is 2.94. The van der Waals surface area contributed by atoms with E-state index in [1.54, 1.807) is 43.5 Å². The molecule has 0 bridgehead atoms. The summed E-state index contributed by atoms with van der Waals surface area (Å²) in [5.74, 6) is -0.123. The topological polar surface area (TPSA) is 73.5 Å². The minimum absolute atomic E-state index is 0.257. The zero-order chi connectivity index (χ0) is 18.5. The summed E-state index contributed by atoms with van der Waals surface area (Å²) in [6.07, 6.45) is 3.10. The normalized spacial score (nSPS) is 11.2. The second kappa shape index (κ2) is 7.93. The van der Waals surface area contributed by atoms with Crippen LogP contribution in [0.5, 0.6) is 5.75 Å². The maximum Gasteiger partial charge on any atom is 0.420 e. The molecule has 0 spiro atoms. The van der Waals surface area contributed by atoms with Crippen LogP contribution >= 0.6 is 11.6 Å². The predicted octanol–water partition coefficient (Wildman–Crippen LogP) is 3.09. The Morgan fingerprint density at radius 3 is 2.92 bits per heavy atom. The first kappa shape index (κ1) is 17.8. The molecule has 3 aromatic rings. The van der Waals surface area contributed by atoms with Gasteiger partial charge in [-0.3, -0.25) is 9.36 Å². The van der Waals surface area contributed by atoms with Crippen molar-refractivity contribution in [2.24, 2.45) is 0 Å². The van der Waals surface area contributed by atoms with Crippen LogP contribution in [-0.4, -0.2) is 24.1 Å². The van der Waals surface area contributed by atoms with E-state index in [0.717, 1.165) is 5.56 Å². The molecule has 0 aliphatic heterocycles. The van der Waals surface area contributed by atoms with E-state index in [1.807, 2.05) is 12.1 Å². The lowest BCUT2D eigenvalue weighted by Gasteiger charge is -2.04. The van der Waals surface area contributed by atoms with E-state index in [9.17, 15) is 9.59 Å². The second-order valence-electron chi connectivity index (χ2n) is 5.53. The molecule has 7 heteroatoms. The van der Waals surface area contributed by atoms with Crippen LogP contribution in [0.3, 0.4) is 0 Å². The average molecular weight is 373 g/mol. The minimum atomic E-state index is -0.475. The molecule has 0 radical (unpaired) electrons. The smallest absolute Gasteiger partial charge is 0.420 e. The van der Waals surface area contributed by atoms with E-state index in [4.69, 9.17) is 20.8 Å². The first-order chi connectivity index (χ1) is 12.6. The highest BCUT2D eigenvalue weighted by atomic mass is 35.5. The fourth-order valence-electron chi connectivity index (χ4n) is 2.52. The monoisotopic (exact) mass is 372 g/mol. The molecule has 1 N–H and O–H groups in total. The largest absolute Gasteiger partial charge is 0.497 e. The molecule has 2 aromatic carbocycles. The Balaban J connectivity index is 1.61. The number of methoxy groups -OCH3 is 1. The van der Waals surface area contributed by atoms with Crippen molar-refractivity contribution in [3.8, 4) is 5.75 Å². The number of rotatable bonds is 6. The Bertz CT molecular complexity index is 1020. The molecule has 0 fully saturated rings. The van der Waals surface area contributed by atoms with Crippen LogP contribution in [0.15, 0.2) is 57.8 Å². The predicted molar refractivity (Wildman–Crippen MR) is 101 cm³/mol. The van der Waals surface area contributed by atoms with Crippen LogP contribution in [-0.2, 0) is 11.3 Å². The van der Waals surface area contributed by atoms with E-state index in [0.29, 0.717) is 35.0 Å². The van der Waals surface area contributed by atoms with Gasteiger partial charge in [-0.15, -0.1) is 0 Å². The van der Waals surface area contributed by atoms with E-state index in [-0.39, 0.29) is 5.91 Å². The summed E-state index contributed by atoms with van der Waals surface area (Å²) in [6, 6.07) is 12.3. The highest BCUT2D eigenvalue weighted by Crippen LogP contribution is 2.19. The van der Waals surface area contributed by atoms with Gasteiger partial charge in [0.2, 0.25) is 5.91 Å². The van der Waals surface area contributed by atoms with Gasteiger partial charge in [0.1, 0.15) is 5.75 Å². The Hall–Kier alpha value is -2.99. The van der Waals surface area contributed by atoms with Gasteiger partial charge in [-0.2, -0.15) is 0 Å². The lowest BCUT2D eigenvalue weighted by Crippen LogP contribution is -2.28. The molecule has 0 aliphatic carbocycles. The summed E-state index contributed by atoms with van der Waals surface area (Å²) < 4.78 is 11.8. The number of hydrogen-bond donors (Lipinski definition) is 1. The molecule has 1 aromatic heterocycles. The van der Waals surface area contributed by atoms with Crippen molar-refractivity contribution < 1.29 is 13.9 Å². The van der Waals surface area contributed by atoms with Crippen LogP contribution in [0.4, 0.5) is 0 Å². The number of carbonyl (C=O) groups excluding carboxylic acids is 1. The summed E-state index contributed by atoms with van der Waals surface area (Å²) in [7, 11) is 1.54. The molecular weight excluding hydrogens is 356 g/mol. The third kappa shape index (κ3) is 4.15. The molecule has 26 heavy (non-hydrogen) atoms. The van der Waals surface area contributed by atoms with Crippen molar-refractivity contribution in [1.82, 2.24) is 9.88 Å². The number of fused-ring (bicyclic) bond motifs is 1. The van der Waals surface area contributed by atoms with Gasteiger partial charge in [-0.25, -0.2) is 4.79 Å². The number of oxazole rings is 1. The standard InChI is InChI=1S/C19H17ClN2O4/c1-25-15-6-7-16-17(12-15)26-19(24)22(16)10-9-21-18(23)8-5-13-3-2-4-14(20)11-13/h2-8,11-12H,9-10H2,1H3,(H,21,23)/b8-5+. The van der Waals surface area contributed by atoms with E-state index in [1.165, 1.54) is 10.6 Å². The number of ether oxygens (including phenoxy) is 1. The highest BCUT2D eigenvalue weighted by molar-refractivity contribution is 6.30. The van der Waals surface area contributed by atoms with Gasteiger partial charge in [-0.05, 0) is 35.9 Å². The van der Waals surface area contributed by atoms with Crippen LogP contribution in [0.25, 0.3) is 17.2 Å². The fourth-order valence-corrected chi connectivity index (χ4v) is 2.72. The SMILES string of the molecule is COc1ccc2c(c1)oc(=O)n2CCNC(=O)/C=C/c1cccc(Cl)c1. The number of halogens is 1. The van der Waals surface area contributed by atoms with Gasteiger partial charge >= 0.3 is 5.76 Å². The van der Waals surface area contributed by atoms with Gasteiger partial charge in [0, 0.05) is 30.3 Å². The van der Waals surface area contributed by atoms with Gasteiger partial charge < -0.3 is 14.5 Å². The summed E-state index contributed by atoms with van der Waals surface area (Å²) in [5.41, 5.74) is 1.93. The Labute approximate surface area is 154 Å². The molecule has 134 valence electrons. The zero-order valence-electron chi connectivity index (χ0n) is 14.1. The first-order valence-corrected chi connectivity index (χ1v) is 8.33. The van der Waals surface area contributed by atoms with Crippen LogP contribution in [0.2, 0.25) is 5.02 Å². The third-order valence-electron chi connectivity index (χ3n) is 3.79. The first-order valence-electron chi connectivity index (χ1n) is 7.95. The number of aromatic nitrogens is 1. The number of amides is 1. The molecule has 0 atom stereocenters. The fraction of sp³-hybridized carbons (Fsp3) is 0.158. The van der Waals surface area contributed by atoms with Crippen molar-refractivity contribution in [3.05, 3.63) is 69.7 Å². The molecule has 0 saturated heterocycles. The van der Waals surface area contributed by atoms with Crippen molar-refractivity contribution in [1.29, 1.82) is 0 Å². The summed E-state index contributed by atoms with van der Waals surface area (Å²) in [4.78, 5) is 23.9. The highest BCUT2D eigenvalue weighted by Gasteiger charge is 2.10. The van der Waals surface area contributed by atoms with Crippen LogP contribution in [0, 0.1) is 0 Å². The second-order valence-corrected chi connectivity index (χ2v) is 5.97. The Kier molecular flexibility index (Phi) is 5.43. The van der Waals surface area contributed by atoms with Gasteiger partial charge in [0.05, 0.1) is 12.6 Å².